The van der Waals surface area contributed by atoms with Crippen LogP contribution in [0.5, 0.6) is 0 Å². The predicted octanol–water partition coefficient (Wildman–Crippen LogP) is 13.6. The zero-order chi connectivity index (χ0) is 38.0. The maximum absolute atomic E-state index is 6.53. The molecule has 0 aliphatic carbocycles. The number of aryl methyl sites for hydroxylation is 4. The predicted molar refractivity (Wildman–Crippen MR) is 223 cm³/mol. The maximum atomic E-state index is 6.53. The average molecular weight is 892 g/mol. The van der Waals surface area contributed by atoms with E-state index in [9.17, 15) is 0 Å². The van der Waals surface area contributed by atoms with Gasteiger partial charge in [0, 0.05) is 43.4 Å². The molecule has 0 aliphatic heterocycles. The summed E-state index contributed by atoms with van der Waals surface area (Å²) in [6.45, 7) is 24.3. The number of nitrogens with zero attached hydrogens (tertiary/aromatic N) is 3. The third kappa shape index (κ3) is 8.14. The number of rotatable bonds is 8. The van der Waals surface area contributed by atoms with Crippen molar-refractivity contribution in [2.24, 2.45) is 0 Å². The van der Waals surface area contributed by atoms with Crippen LogP contribution in [0.15, 0.2) is 89.6 Å². The van der Waals surface area contributed by atoms with E-state index in [-0.39, 0.29) is 25.5 Å². The van der Waals surface area contributed by atoms with Gasteiger partial charge in [0.15, 0.2) is 0 Å². The van der Waals surface area contributed by atoms with Gasteiger partial charge in [0.05, 0.1) is 11.3 Å². The van der Waals surface area contributed by atoms with Crippen LogP contribution in [0.4, 0.5) is 0 Å². The van der Waals surface area contributed by atoms with Crippen LogP contribution in [0.3, 0.4) is 0 Å². The second-order valence-corrected chi connectivity index (χ2v) is 15.5. The van der Waals surface area contributed by atoms with E-state index < -0.39 is 0 Å². The molecule has 281 valence electrons. The summed E-state index contributed by atoms with van der Waals surface area (Å²) in [5, 5.41) is 2.07. The summed E-state index contributed by atoms with van der Waals surface area (Å²) in [4.78, 5) is 14.3. The van der Waals surface area contributed by atoms with E-state index >= 15 is 0 Å². The topological polar surface area (TPSA) is 51.8 Å². The molecular weight excluding hydrogens is 839 g/mol. The van der Waals surface area contributed by atoms with E-state index in [4.69, 9.17) is 14.4 Å². The Morgan fingerprint density at radius 1 is 0.704 bits per heavy atom. The number of aromatic nitrogens is 3. The van der Waals surface area contributed by atoms with Gasteiger partial charge in [-0.15, -0.1) is 53.6 Å². The third-order valence-corrected chi connectivity index (χ3v) is 11.1. The molecule has 0 N–H and O–H groups in total. The summed E-state index contributed by atoms with van der Waals surface area (Å²) >= 11 is 0. The van der Waals surface area contributed by atoms with E-state index in [2.05, 4.69) is 154 Å². The maximum Gasteiger partial charge on any atom is 0.216 e. The molecule has 0 atom stereocenters. The van der Waals surface area contributed by atoms with Gasteiger partial charge in [-0.1, -0.05) is 102 Å². The van der Waals surface area contributed by atoms with Crippen molar-refractivity contribution >= 4 is 22.1 Å². The van der Waals surface area contributed by atoms with Crippen LogP contribution in [-0.4, -0.2) is 15.0 Å². The molecule has 0 bridgehead atoms. The molecule has 4 heterocycles. The van der Waals surface area contributed by atoms with E-state index in [1.165, 1.54) is 44.5 Å². The fourth-order valence-electron chi connectivity index (χ4n) is 7.17. The minimum atomic E-state index is 0. The standard InChI is InChI=1S/C35H39N2O.C14H14N.Ir/c1-9-35(8,10-2)29-19-31(36-20-23(29)7)28-16-12-15-26-27-17-18-30(37-34(27)38-33(26)28)32-24(21(3)4)13-11-14-25(32)22(5)6;1-10-4-6-13(7-5-10)14-8-11(2)12(3)9-15-14;/h11-15,17-22H,9-10H2,1-8H3;4-6,8-9H,1-3H3;/q2*-1;. The van der Waals surface area contributed by atoms with Gasteiger partial charge in [0.2, 0.25) is 5.71 Å². The van der Waals surface area contributed by atoms with Gasteiger partial charge in [-0.05, 0) is 102 Å². The van der Waals surface area contributed by atoms with Crippen LogP contribution >= 0.6 is 0 Å². The van der Waals surface area contributed by atoms with E-state index in [0.29, 0.717) is 17.5 Å². The molecule has 0 spiro atoms. The van der Waals surface area contributed by atoms with Crippen LogP contribution < -0.4 is 0 Å². The molecular formula is C49H53IrN3O-2. The Bertz CT molecular complexity index is 2360. The summed E-state index contributed by atoms with van der Waals surface area (Å²) in [6, 6.07) is 32.1. The van der Waals surface area contributed by atoms with Crippen molar-refractivity contribution in [1.29, 1.82) is 0 Å². The zero-order valence-electron chi connectivity index (χ0n) is 33.7. The molecule has 4 aromatic heterocycles. The molecule has 0 saturated heterocycles. The summed E-state index contributed by atoms with van der Waals surface area (Å²) in [5.74, 6) is 0.800. The van der Waals surface area contributed by atoms with Crippen LogP contribution in [0.2, 0.25) is 0 Å². The SMILES string of the molecule is CCC(C)(CC)c1cc(-c2[c-]ccc3c2oc2nc(-c4c(C(C)C)cccc4C(C)C)ccc23)ncc1C.Cc1c[c-]c(-c2cc(C)c(C)cn2)cc1.[Ir]. The van der Waals surface area contributed by atoms with E-state index in [0.717, 1.165) is 57.4 Å². The molecule has 4 nitrogen and oxygen atoms in total. The zero-order valence-corrected chi connectivity index (χ0v) is 36.1. The van der Waals surface area contributed by atoms with Gasteiger partial charge in [0.1, 0.15) is 0 Å². The Labute approximate surface area is 336 Å². The molecule has 0 fully saturated rings. The average Bonchev–Trinajstić information content (AvgIpc) is 3.54. The molecule has 7 aromatic rings. The number of hydrogen-bond donors (Lipinski definition) is 0. The van der Waals surface area contributed by atoms with Crippen LogP contribution in [-0.2, 0) is 25.5 Å². The van der Waals surface area contributed by atoms with Crippen molar-refractivity contribution in [1.82, 2.24) is 15.0 Å². The molecule has 5 heteroatoms. The van der Waals surface area contributed by atoms with Crippen molar-refractivity contribution < 1.29 is 24.5 Å². The minimum Gasteiger partial charge on any atom is -0.486 e. The molecule has 0 saturated carbocycles. The summed E-state index contributed by atoms with van der Waals surface area (Å²) in [6.07, 6.45) is 6.07. The third-order valence-electron chi connectivity index (χ3n) is 11.1. The Morgan fingerprint density at radius 3 is 1.98 bits per heavy atom. The van der Waals surface area contributed by atoms with Crippen molar-refractivity contribution in [3.63, 3.8) is 0 Å². The van der Waals surface area contributed by atoms with Gasteiger partial charge in [-0.25, -0.2) is 4.98 Å². The molecule has 54 heavy (non-hydrogen) atoms. The Kier molecular flexibility index (Phi) is 12.8. The molecule has 7 rings (SSSR count). The van der Waals surface area contributed by atoms with Gasteiger partial charge in [-0.2, -0.15) is 0 Å². The Morgan fingerprint density at radius 2 is 1.37 bits per heavy atom. The van der Waals surface area contributed by atoms with Gasteiger partial charge >= 0.3 is 0 Å². The first-order valence-electron chi connectivity index (χ1n) is 19.1. The number of fused-ring (bicyclic) bond motifs is 3. The van der Waals surface area contributed by atoms with E-state index in [1.807, 2.05) is 24.5 Å². The van der Waals surface area contributed by atoms with Gasteiger partial charge in [0.25, 0.3) is 0 Å². The summed E-state index contributed by atoms with van der Waals surface area (Å²) in [5.41, 5.74) is 16.5. The largest absolute Gasteiger partial charge is 0.486 e. The van der Waals surface area contributed by atoms with Crippen LogP contribution in [0.1, 0.15) is 112 Å². The van der Waals surface area contributed by atoms with E-state index in [1.54, 1.807) is 0 Å². The quantitative estimate of drug-likeness (QED) is 0.143. The van der Waals surface area contributed by atoms with Crippen molar-refractivity contribution in [2.75, 3.05) is 0 Å². The van der Waals surface area contributed by atoms with Gasteiger partial charge < -0.3 is 14.4 Å². The van der Waals surface area contributed by atoms with Crippen molar-refractivity contribution in [2.45, 2.75) is 106 Å². The second-order valence-electron chi connectivity index (χ2n) is 15.5. The summed E-state index contributed by atoms with van der Waals surface area (Å²) in [7, 11) is 0. The molecule has 1 radical (unpaired) electrons. The molecule has 0 amide bonds. The molecule has 0 unspecified atom stereocenters. The fourth-order valence-corrected chi connectivity index (χ4v) is 7.17. The smallest absolute Gasteiger partial charge is 0.216 e. The first kappa shape index (κ1) is 40.7. The van der Waals surface area contributed by atoms with Gasteiger partial charge in [-0.3, -0.25) is 0 Å². The second kappa shape index (κ2) is 16.9. The van der Waals surface area contributed by atoms with Crippen molar-refractivity contribution in [3.8, 4) is 33.8 Å². The first-order chi connectivity index (χ1) is 25.3. The Balaban J connectivity index is 0.000000293. The summed E-state index contributed by atoms with van der Waals surface area (Å²) < 4.78 is 6.53. The van der Waals surface area contributed by atoms with Crippen molar-refractivity contribution in [3.05, 3.63) is 136 Å². The minimum absolute atomic E-state index is 0. The molecule has 0 aliphatic rings. The molecule has 3 aromatic carbocycles. The normalized spacial score (nSPS) is 11.6. The number of hydrogen-bond acceptors (Lipinski definition) is 4. The number of pyridine rings is 3. The van der Waals surface area contributed by atoms with Crippen LogP contribution in [0, 0.1) is 39.8 Å². The van der Waals surface area contributed by atoms with Crippen LogP contribution in [0.25, 0.3) is 55.8 Å². The first-order valence-corrected chi connectivity index (χ1v) is 19.1. The fraction of sp³-hybridized carbons (Fsp3) is 0.327. The Hall–Kier alpha value is -4.44. The number of furan rings is 1. The monoisotopic (exact) mass is 892 g/mol. The number of benzene rings is 3.